The Balaban J connectivity index is 1.61. The van der Waals surface area contributed by atoms with Crippen molar-refractivity contribution in [3.63, 3.8) is 0 Å². The predicted octanol–water partition coefficient (Wildman–Crippen LogP) is 4.19. The fourth-order valence-electron chi connectivity index (χ4n) is 3.05. The second kappa shape index (κ2) is 10.2. The van der Waals surface area contributed by atoms with E-state index in [1.54, 1.807) is 0 Å². The second-order valence-corrected chi connectivity index (χ2v) is 8.78. The molecular weight excluding hydrogens is 430 g/mol. The summed E-state index contributed by atoms with van der Waals surface area (Å²) in [6.07, 6.45) is 3.90. The Labute approximate surface area is 172 Å². The fraction of sp³-hybridized carbons (Fsp3) is 0.450. The summed E-state index contributed by atoms with van der Waals surface area (Å²) < 4.78 is 17.5. The maximum absolute atomic E-state index is 12.0. The van der Waals surface area contributed by atoms with Gasteiger partial charge in [0.1, 0.15) is 24.4 Å². The molecular formula is C20H24BrNO4S. The Morgan fingerprint density at radius 1 is 1.37 bits per heavy atom. The van der Waals surface area contributed by atoms with Gasteiger partial charge in [-0.15, -0.1) is 0 Å². The maximum atomic E-state index is 12.0. The monoisotopic (exact) mass is 453 g/mol. The van der Waals surface area contributed by atoms with E-state index in [1.807, 2.05) is 36.0 Å². The van der Waals surface area contributed by atoms with E-state index < -0.39 is 0 Å². The molecule has 5 nitrogen and oxygen atoms in total. The lowest BCUT2D eigenvalue weighted by Crippen LogP contribution is -2.33. The van der Waals surface area contributed by atoms with Crippen LogP contribution in [-0.2, 0) is 6.54 Å². The molecule has 3 rings (SSSR count). The van der Waals surface area contributed by atoms with Crippen LogP contribution in [0.25, 0.3) is 0 Å². The van der Waals surface area contributed by atoms with Gasteiger partial charge < -0.3 is 13.9 Å². The largest absolute Gasteiger partial charge is 0.492 e. The number of hydrogen-bond donors (Lipinski definition) is 0. The van der Waals surface area contributed by atoms with Crippen molar-refractivity contribution >= 4 is 27.7 Å². The van der Waals surface area contributed by atoms with Gasteiger partial charge in [0.25, 0.3) is 0 Å². The minimum absolute atomic E-state index is 0.153. The van der Waals surface area contributed by atoms with E-state index in [-0.39, 0.29) is 11.2 Å². The van der Waals surface area contributed by atoms with Gasteiger partial charge in [0.05, 0.1) is 13.7 Å². The Kier molecular flexibility index (Phi) is 7.67. The summed E-state index contributed by atoms with van der Waals surface area (Å²) in [7, 11) is 1.47. The summed E-state index contributed by atoms with van der Waals surface area (Å²) in [6.45, 7) is 2.88. The number of thioether (sulfide) groups is 1. The summed E-state index contributed by atoms with van der Waals surface area (Å²) >= 11 is 5.48. The van der Waals surface area contributed by atoms with Crippen LogP contribution in [0.4, 0.5) is 0 Å². The van der Waals surface area contributed by atoms with E-state index >= 15 is 0 Å². The van der Waals surface area contributed by atoms with E-state index in [4.69, 9.17) is 13.9 Å². The van der Waals surface area contributed by atoms with E-state index in [2.05, 4.69) is 20.8 Å². The van der Waals surface area contributed by atoms with Crippen molar-refractivity contribution in [1.29, 1.82) is 0 Å². The quantitative estimate of drug-likeness (QED) is 0.567. The third-order valence-electron chi connectivity index (χ3n) is 4.41. The lowest BCUT2D eigenvalue weighted by atomic mass is 10.2. The first-order chi connectivity index (χ1) is 13.1. The van der Waals surface area contributed by atoms with Crippen molar-refractivity contribution in [3.8, 4) is 11.5 Å². The van der Waals surface area contributed by atoms with Crippen LogP contribution in [-0.4, -0.2) is 42.7 Å². The smallest absolute Gasteiger partial charge is 0.227 e. The molecule has 1 fully saturated rings. The van der Waals surface area contributed by atoms with Crippen LogP contribution in [0, 0.1) is 0 Å². The van der Waals surface area contributed by atoms with E-state index in [9.17, 15) is 4.79 Å². The number of halogens is 1. The van der Waals surface area contributed by atoms with Gasteiger partial charge in [-0.25, -0.2) is 0 Å². The highest BCUT2D eigenvalue weighted by Gasteiger charge is 2.20. The molecule has 27 heavy (non-hydrogen) atoms. The molecule has 2 heterocycles. The Bertz CT molecular complexity index is 792. The molecule has 0 N–H and O–H groups in total. The van der Waals surface area contributed by atoms with Crippen LogP contribution in [0.15, 0.2) is 50.3 Å². The number of methoxy groups -OCH3 is 1. The standard InChI is InChI=1S/C20H24BrNO4S/c1-24-20-14-26-17(11-19(20)23)12-22(13-18-6-3-9-27-18)7-8-25-16-5-2-4-15(21)10-16/h2,4-5,10-11,14,18H,3,6-9,12-13H2,1H3. The van der Waals surface area contributed by atoms with E-state index in [1.165, 1.54) is 38.0 Å². The molecule has 7 heteroatoms. The molecule has 146 valence electrons. The molecule has 1 atom stereocenters. The van der Waals surface area contributed by atoms with Gasteiger partial charge in [-0.3, -0.25) is 9.69 Å². The van der Waals surface area contributed by atoms with Gasteiger partial charge in [-0.05, 0) is 36.8 Å². The second-order valence-electron chi connectivity index (χ2n) is 6.45. The molecule has 2 aromatic rings. The van der Waals surface area contributed by atoms with Gasteiger partial charge in [0.2, 0.25) is 11.2 Å². The highest BCUT2D eigenvalue weighted by Crippen LogP contribution is 2.27. The number of benzene rings is 1. The van der Waals surface area contributed by atoms with Crippen LogP contribution in [0.5, 0.6) is 11.5 Å². The average molecular weight is 454 g/mol. The molecule has 0 amide bonds. The molecule has 1 aromatic heterocycles. The van der Waals surface area contributed by atoms with Crippen molar-refractivity contribution in [2.24, 2.45) is 0 Å². The van der Waals surface area contributed by atoms with Crippen molar-refractivity contribution in [3.05, 3.63) is 57.1 Å². The maximum Gasteiger partial charge on any atom is 0.227 e. The summed E-state index contributed by atoms with van der Waals surface area (Å²) in [4.78, 5) is 14.3. The predicted molar refractivity (Wildman–Crippen MR) is 112 cm³/mol. The molecule has 1 aromatic carbocycles. The zero-order valence-corrected chi connectivity index (χ0v) is 17.8. The number of hydrogen-bond acceptors (Lipinski definition) is 6. The topological polar surface area (TPSA) is 51.9 Å². The van der Waals surface area contributed by atoms with E-state index in [0.29, 0.717) is 24.2 Å². The summed E-state index contributed by atoms with van der Waals surface area (Å²) in [5.74, 6) is 2.95. The fourth-order valence-corrected chi connectivity index (χ4v) is 4.75. The number of rotatable bonds is 9. The molecule has 0 bridgehead atoms. The highest BCUT2D eigenvalue weighted by atomic mass is 79.9. The molecule has 0 spiro atoms. The van der Waals surface area contributed by atoms with Crippen molar-refractivity contribution in [2.45, 2.75) is 24.6 Å². The molecule has 1 unspecified atom stereocenters. The SMILES string of the molecule is COc1coc(CN(CCOc2cccc(Br)c2)CC2CCCS2)cc1=O. The van der Waals surface area contributed by atoms with Crippen LogP contribution in [0.1, 0.15) is 18.6 Å². The van der Waals surface area contributed by atoms with Crippen molar-refractivity contribution in [1.82, 2.24) is 4.90 Å². The molecule has 1 aliphatic heterocycles. The average Bonchev–Trinajstić information content (AvgIpc) is 3.15. The van der Waals surface area contributed by atoms with Crippen molar-refractivity contribution in [2.75, 3.05) is 32.6 Å². The molecule has 1 saturated heterocycles. The minimum Gasteiger partial charge on any atom is -0.492 e. The van der Waals surface area contributed by atoms with Gasteiger partial charge in [-0.1, -0.05) is 22.0 Å². The Hall–Kier alpha value is -1.44. The Morgan fingerprint density at radius 2 is 2.26 bits per heavy atom. The van der Waals surface area contributed by atoms with Gasteiger partial charge in [0, 0.05) is 28.9 Å². The first-order valence-electron chi connectivity index (χ1n) is 9.02. The summed E-state index contributed by atoms with van der Waals surface area (Å²) in [5.41, 5.74) is -0.153. The molecule has 0 aliphatic carbocycles. The number of ether oxygens (including phenoxy) is 2. The zero-order chi connectivity index (χ0) is 19.1. The van der Waals surface area contributed by atoms with E-state index in [0.717, 1.165) is 23.3 Å². The van der Waals surface area contributed by atoms with Crippen LogP contribution < -0.4 is 14.9 Å². The Morgan fingerprint density at radius 3 is 2.96 bits per heavy atom. The minimum atomic E-state index is -0.153. The molecule has 0 radical (unpaired) electrons. The highest BCUT2D eigenvalue weighted by molar-refractivity contribution is 9.10. The number of nitrogens with zero attached hydrogens (tertiary/aromatic N) is 1. The third-order valence-corrected chi connectivity index (χ3v) is 6.28. The van der Waals surface area contributed by atoms with Crippen LogP contribution >= 0.6 is 27.7 Å². The molecule has 0 saturated carbocycles. The zero-order valence-electron chi connectivity index (χ0n) is 15.4. The lowest BCUT2D eigenvalue weighted by molar-refractivity contribution is 0.190. The lowest BCUT2D eigenvalue weighted by Gasteiger charge is -2.24. The summed E-state index contributed by atoms with van der Waals surface area (Å²) in [6, 6.07) is 9.35. The van der Waals surface area contributed by atoms with Gasteiger partial charge in [0.15, 0.2) is 0 Å². The van der Waals surface area contributed by atoms with Crippen LogP contribution in [0.3, 0.4) is 0 Å². The normalized spacial score (nSPS) is 16.6. The first kappa shape index (κ1) is 20.3. The summed E-state index contributed by atoms with van der Waals surface area (Å²) in [5, 5.41) is 0.626. The van der Waals surface area contributed by atoms with Gasteiger partial charge >= 0.3 is 0 Å². The first-order valence-corrected chi connectivity index (χ1v) is 10.9. The van der Waals surface area contributed by atoms with Crippen molar-refractivity contribution < 1.29 is 13.9 Å². The molecule has 1 aliphatic rings. The van der Waals surface area contributed by atoms with Gasteiger partial charge in [-0.2, -0.15) is 11.8 Å². The van der Waals surface area contributed by atoms with Crippen LogP contribution in [0.2, 0.25) is 0 Å². The third kappa shape index (κ3) is 6.30.